The molecule has 1 aliphatic rings. The minimum Gasteiger partial charge on any atom is -0.345 e. The first-order chi connectivity index (χ1) is 24.5. The molecule has 2 heterocycles. The minimum absolute atomic E-state index is 0.0228. The molecule has 13 nitrogen and oxygen atoms in total. The highest BCUT2D eigenvalue weighted by molar-refractivity contribution is 7.09. The highest BCUT2D eigenvalue weighted by Gasteiger charge is 2.31. The van der Waals surface area contributed by atoms with Gasteiger partial charge in [-0.1, -0.05) is 50.2 Å². The van der Waals surface area contributed by atoms with E-state index in [1.165, 1.54) is 35.0 Å². The molecule has 2 aromatic carbocycles. The van der Waals surface area contributed by atoms with Gasteiger partial charge < -0.3 is 31.1 Å². The van der Waals surface area contributed by atoms with Gasteiger partial charge in [0.1, 0.15) is 28.8 Å². The number of thiazole rings is 1. The standard InChI is InChI=1S/C38H49N7O6S/c1-21(2)32-35(49)40-26(7)37(50)44(8)14-15-45(38(51)28-17-23(4)22(3)16-24(28)5)19-31(46)41-29(18-27-12-10-9-11-13-27)36-42-30(20-52-36)34(48)39-25(6)33(47)43-32/h9-13,16-17,20-21,25-26,29,32H,14-15,18-19H2,1-8H3,(H,39,48)(H,40,49)(H,41,46)(H,43,47)/t25-,26+,29-,32-/m0/s1. The molecule has 3 aromatic rings. The Balaban J connectivity index is 1.72. The van der Waals surface area contributed by atoms with Crippen molar-refractivity contribution in [1.29, 1.82) is 0 Å². The van der Waals surface area contributed by atoms with Gasteiger partial charge in [-0.2, -0.15) is 0 Å². The molecule has 0 unspecified atom stereocenters. The smallest absolute Gasteiger partial charge is 0.271 e. The van der Waals surface area contributed by atoms with Crippen LogP contribution in [0.2, 0.25) is 0 Å². The molecule has 0 saturated carbocycles. The number of amides is 6. The first-order valence-electron chi connectivity index (χ1n) is 17.4. The van der Waals surface area contributed by atoms with E-state index < -0.39 is 53.7 Å². The Morgan fingerprint density at radius 3 is 2.21 bits per heavy atom. The summed E-state index contributed by atoms with van der Waals surface area (Å²) in [5.41, 5.74) is 4.14. The van der Waals surface area contributed by atoms with Gasteiger partial charge in [0.2, 0.25) is 23.6 Å². The monoisotopic (exact) mass is 731 g/mol. The fourth-order valence-corrected chi connectivity index (χ4v) is 6.70. The molecule has 2 bridgehead atoms. The van der Waals surface area contributed by atoms with Crippen molar-refractivity contribution in [3.8, 4) is 0 Å². The van der Waals surface area contributed by atoms with Crippen molar-refractivity contribution in [2.45, 2.75) is 79.1 Å². The molecule has 0 saturated heterocycles. The fraction of sp³-hybridized carbons (Fsp3) is 0.447. The van der Waals surface area contributed by atoms with Crippen LogP contribution in [0.25, 0.3) is 0 Å². The number of likely N-dealkylation sites (N-methyl/N-ethyl adjacent to an activating group) is 1. The van der Waals surface area contributed by atoms with E-state index in [9.17, 15) is 28.8 Å². The molecule has 4 atom stereocenters. The van der Waals surface area contributed by atoms with Gasteiger partial charge in [0.15, 0.2) is 0 Å². The third-order valence-corrected chi connectivity index (χ3v) is 10.1. The van der Waals surface area contributed by atoms with E-state index in [4.69, 9.17) is 0 Å². The van der Waals surface area contributed by atoms with Crippen molar-refractivity contribution in [3.63, 3.8) is 0 Å². The number of benzene rings is 2. The van der Waals surface area contributed by atoms with Crippen molar-refractivity contribution in [1.82, 2.24) is 36.1 Å². The Kier molecular flexibility index (Phi) is 13.3. The van der Waals surface area contributed by atoms with Crippen molar-refractivity contribution in [3.05, 3.63) is 86.4 Å². The van der Waals surface area contributed by atoms with Gasteiger partial charge in [-0.3, -0.25) is 28.8 Å². The van der Waals surface area contributed by atoms with Crippen molar-refractivity contribution >= 4 is 46.8 Å². The number of fused-ring (bicyclic) bond motifs is 2. The number of carbonyl (C=O) groups is 6. The third-order valence-electron chi connectivity index (χ3n) is 9.16. The van der Waals surface area contributed by atoms with Gasteiger partial charge in [-0.05, 0) is 75.3 Å². The molecule has 4 rings (SSSR count). The summed E-state index contributed by atoms with van der Waals surface area (Å²) < 4.78 is 0. The second-order valence-electron chi connectivity index (χ2n) is 13.8. The molecule has 4 N–H and O–H groups in total. The highest BCUT2D eigenvalue weighted by Crippen LogP contribution is 2.23. The molecule has 1 aromatic heterocycles. The number of carbonyl (C=O) groups excluding carboxylic acids is 6. The average molecular weight is 732 g/mol. The number of aryl methyl sites for hydroxylation is 3. The maximum absolute atomic E-state index is 14.1. The van der Waals surface area contributed by atoms with Crippen LogP contribution < -0.4 is 21.3 Å². The fourth-order valence-electron chi connectivity index (χ4n) is 5.85. The zero-order valence-corrected chi connectivity index (χ0v) is 31.8. The predicted molar refractivity (Wildman–Crippen MR) is 199 cm³/mol. The summed E-state index contributed by atoms with van der Waals surface area (Å²) in [6.07, 6.45) is 0.358. The van der Waals surface area contributed by atoms with Crippen molar-refractivity contribution < 1.29 is 28.8 Å². The summed E-state index contributed by atoms with van der Waals surface area (Å²) in [4.78, 5) is 88.5. The Bertz CT molecular complexity index is 1810. The first kappa shape index (κ1) is 39.7. The molecule has 0 spiro atoms. The maximum Gasteiger partial charge on any atom is 0.271 e. The van der Waals surface area contributed by atoms with Gasteiger partial charge in [0, 0.05) is 31.1 Å². The molecule has 1 aliphatic heterocycles. The number of hydrogen-bond donors (Lipinski definition) is 4. The molecular formula is C38H49N7O6S. The average Bonchev–Trinajstić information content (AvgIpc) is 3.60. The van der Waals surface area contributed by atoms with Crippen LogP contribution >= 0.6 is 11.3 Å². The lowest BCUT2D eigenvalue weighted by Crippen LogP contribution is -2.57. The van der Waals surface area contributed by atoms with Crippen LogP contribution in [0.3, 0.4) is 0 Å². The summed E-state index contributed by atoms with van der Waals surface area (Å²) in [5, 5.41) is 13.1. The van der Waals surface area contributed by atoms with Crippen LogP contribution in [0.4, 0.5) is 0 Å². The topological polar surface area (TPSA) is 170 Å². The highest BCUT2D eigenvalue weighted by atomic mass is 32.1. The first-order valence-corrected chi connectivity index (χ1v) is 18.3. The van der Waals surface area contributed by atoms with Gasteiger partial charge >= 0.3 is 0 Å². The molecule has 0 radical (unpaired) electrons. The second-order valence-corrected chi connectivity index (χ2v) is 14.7. The van der Waals surface area contributed by atoms with Crippen LogP contribution in [-0.4, -0.2) is 95.0 Å². The Morgan fingerprint density at radius 1 is 0.865 bits per heavy atom. The molecule has 14 heteroatoms. The summed E-state index contributed by atoms with van der Waals surface area (Å²) in [6.45, 7) is 12.1. The van der Waals surface area contributed by atoms with Crippen LogP contribution in [0.5, 0.6) is 0 Å². The number of rotatable bonds is 4. The summed E-state index contributed by atoms with van der Waals surface area (Å²) in [7, 11) is 1.56. The lowest BCUT2D eigenvalue weighted by atomic mass is 10.00. The molecule has 278 valence electrons. The molecule has 0 fully saturated rings. The van der Waals surface area contributed by atoms with E-state index in [-0.39, 0.29) is 37.2 Å². The van der Waals surface area contributed by atoms with Gasteiger partial charge in [-0.25, -0.2) is 4.98 Å². The van der Waals surface area contributed by atoms with Gasteiger partial charge in [-0.15, -0.1) is 11.3 Å². The van der Waals surface area contributed by atoms with Gasteiger partial charge in [0.25, 0.3) is 11.8 Å². The minimum atomic E-state index is -1.02. The van der Waals surface area contributed by atoms with Crippen LogP contribution in [0.15, 0.2) is 47.8 Å². The second kappa shape index (κ2) is 17.4. The lowest BCUT2D eigenvalue weighted by molar-refractivity contribution is -0.136. The predicted octanol–water partition coefficient (Wildman–Crippen LogP) is 2.85. The van der Waals surface area contributed by atoms with Crippen molar-refractivity contribution in [2.75, 3.05) is 26.7 Å². The normalized spacial score (nSPS) is 21.5. The van der Waals surface area contributed by atoms with Crippen LogP contribution in [0.1, 0.15) is 81.8 Å². The summed E-state index contributed by atoms with van der Waals surface area (Å²) in [6, 6.07) is 9.61. The zero-order valence-electron chi connectivity index (χ0n) is 31.0. The van der Waals surface area contributed by atoms with Crippen LogP contribution in [0, 0.1) is 26.7 Å². The lowest BCUT2D eigenvalue weighted by Gasteiger charge is -2.29. The largest absolute Gasteiger partial charge is 0.345 e. The van der Waals surface area contributed by atoms with E-state index in [1.54, 1.807) is 26.3 Å². The molecular weight excluding hydrogens is 683 g/mol. The molecule has 0 aliphatic carbocycles. The van der Waals surface area contributed by atoms with E-state index >= 15 is 0 Å². The molecule has 52 heavy (non-hydrogen) atoms. The SMILES string of the molecule is Cc1cc(C)c(C(=O)N2CCN(C)C(=O)[C@@H](C)NC(=O)[C@H](C(C)C)NC(=O)[C@H](C)NC(=O)c3csc(n3)[C@H](Cc3ccccc3)NC(=O)C2)cc1C. The Labute approximate surface area is 308 Å². The number of aromatic nitrogens is 1. The summed E-state index contributed by atoms with van der Waals surface area (Å²) in [5.74, 6) is -3.33. The number of nitrogens with zero attached hydrogens (tertiary/aromatic N) is 3. The Morgan fingerprint density at radius 2 is 1.54 bits per heavy atom. The van der Waals surface area contributed by atoms with E-state index in [0.717, 1.165) is 22.3 Å². The summed E-state index contributed by atoms with van der Waals surface area (Å²) >= 11 is 1.19. The zero-order chi connectivity index (χ0) is 38.3. The van der Waals surface area contributed by atoms with E-state index in [2.05, 4.69) is 26.3 Å². The number of nitrogens with one attached hydrogen (secondary N) is 4. The van der Waals surface area contributed by atoms with Crippen molar-refractivity contribution in [2.24, 2.45) is 5.92 Å². The van der Waals surface area contributed by atoms with E-state index in [1.807, 2.05) is 63.2 Å². The molecule has 6 amide bonds. The Hall–Kier alpha value is -5.11. The quantitative estimate of drug-likeness (QED) is 0.320. The number of hydrogen-bond acceptors (Lipinski definition) is 8. The maximum atomic E-state index is 14.1. The van der Waals surface area contributed by atoms with Crippen LogP contribution in [-0.2, 0) is 25.6 Å². The third kappa shape index (κ3) is 10.0. The van der Waals surface area contributed by atoms with E-state index in [0.29, 0.717) is 17.0 Å². The van der Waals surface area contributed by atoms with Gasteiger partial charge in [0.05, 0.1) is 12.6 Å².